The Morgan fingerprint density at radius 1 is 1.47 bits per heavy atom. The molecule has 0 aromatic heterocycles. The molecule has 2 rings (SSSR count). The number of nitrogens with zero attached hydrogens (tertiary/aromatic N) is 1. The van der Waals surface area contributed by atoms with E-state index in [-0.39, 0.29) is 15.4 Å². The van der Waals surface area contributed by atoms with E-state index in [1.165, 1.54) is 6.07 Å². The first-order valence-electron chi connectivity index (χ1n) is 4.56. The Balaban J connectivity index is 2.58. The molecule has 0 heterocycles. The SMILES string of the molecule is O=C1c2cccc([N+](=O)[O-])c2CCC1I. The summed E-state index contributed by atoms with van der Waals surface area (Å²) in [5, 5.41) is 10.8. The fourth-order valence-corrected chi connectivity index (χ4v) is 2.46. The van der Waals surface area contributed by atoms with Crippen LogP contribution in [0.4, 0.5) is 5.69 Å². The zero-order chi connectivity index (χ0) is 11.0. The van der Waals surface area contributed by atoms with Gasteiger partial charge in [-0.25, -0.2) is 0 Å². The number of benzene rings is 1. The van der Waals surface area contributed by atoms with Crippen LogP contribution in [0.15, 0.2) is 18.2 Å². The van der Waals surface area contributed by atoms with E-state index in [0.717, 1.165) is 0 Å². The second kappa shape index (κ2) is 3.88. The number of nitro groups is 1. The predicted molar refractivity (Wildman–Crippen MR) is 63.6 cm³/mol. The lowest BCUT2D eigenvalue weighted by molar-refractivity contribution is -0.385. The smallest absolute Gasteiger partial charge is 0.273 e. The molecule has 0 spiro atoms. The summed E-state index contributed by atoms with van der Waals surface area (Å²) >= 11 is 2.09. The molecule has 0 amide bonds. The number of rotatable bonds is 1. The average Bonchev–Trinajstić information content (AvgIpc) is 2.23. The molecule has 1 atom stereocenters. The van der Waals surface area contributed by atoms with E-state index in [2.05, 4.69) is 22.6 Å². The number of alkyl halides is 1. The minimum Gasteiger partial charge on any atom is -0.293 e. The van der Waals surface area contributed by atoms with Crippen molar-refractivity contribution >= 4 is 34.1 Å². The highest BCUT2D eigenvalue weighted by Gasteiger charge is 2.29. The summed E-state index contributed by atoms with van der Waals surface area (Å²) in [5.41, 5.74) is 1.19. The highest BCUT2D eigenvalue weighted by atomic mass is 127. The first-order chi connectivity index (χ1) is 7.11. The maximum absolute atomic E-state index is 11.8. The van der Waals surface area contributed by atoms with Crippen molar-refractivity contribution in [2.45, 2.75) is 16.8 Å². The predicted octanol–water partition coefficient (Wildman–Crippen LogP) is 2.53. The summed E-state index contributed by atoms with van der Waals surface area (Å²) < 4.78 is -0.0443. The van der Waals surface area contributed by atoms with Crippen LogP contribution in [-0.2, 0) is 6.42 Å². The molecule has 0 aliphatic heterocycles. The van der Waals surface area contributed by atoms with Crippen LogP contribution >= 0.6 is 22.6 Å². The van der Waals surface area contributed by atoms with E-state index in [1.54, 1.807) is 12.1 Å². The molecule has 0 bridgehead atoms. The maximum Gasteiger partial charge on any atom is 0.273 e. The molecule has 0 fully saturated rings. The molecule has 15 heavy (non-hydrogen) atoms. The van der Waals surface area contributed by atoms with Crippen molar-refractivity contribution in [2.24, 2.45) is 0 Å². The third kappa shape index (κ3) is 1.75. The topological polar surface area (TPSA) is 60.2 Å². The van der Waals surface area contributed by atoms with E-state index in [1.807, 2.05) is 0 Å². The van der Waals surface area contributed by atoms with Gasteiger partial charge in [0.05, 0.1) is 8.85 Å². The number of fused-ring (bicyclic) bond motifs is 1. The van der Waals surface area contributed by atoms with Crippen molar-refractivity contribution in [1.82, 2.24) is 0 Å². The Hall–Kier alpha value is -0.980. The first kappa shape index (κ1) is 10.5. The molecule has 1 aromatic carbocycles. The van der Waals surface area contributed by atoms with Gasteiger partial charge in [0.1, 0.15) is 0 Å². The molecule has 1 aliphatic rings. The standard InChI is InChI=1S/C10H8INO3/c11-8-5-4-6-7(10(8)13)2-1-3-9(6)12(14)15/h1-3,8H,4-5H2. The summed E-state index contributed by atoms with van der Waals surface area (Å²) in [6, 6.07) is 4.71. The Morgan fingerprint density at radius 2 is 2.20 bits per heavy atom. The lowest BCUT2D eigenvalue weighted by Gasteiger charge is -2.18. The van der Waals surface area contributed by atoms with E-state index in [9.17, 15) is 14.9 Å². The maximum atomic E-state index is 11.8. The van der Waals surface area contributed by atoms with E-state index >= 15 is 0 Å². The van der Waals surface area contributed by atoms with E-state index < -0.39 is 4.92 Å². The highest BCUT2D eigenvalue weighted by Crippen LogP contribution is 2.31. The summed E-state index contributed by atoms with van der Waals surface area (Å²) in [4.78, 5) is 22.1. The van der Waals surface area contributed by atoms with Crippen LogP contribution in [0, 0.1) is 10.1 Å². The normalized spacial score (nSPS) is 19.8. The van der Waals surface area contributed by atoms with Gasteiger partial charge in [0.25, 0.3) is 5.69 Å². The molecule has 0 N–H and O–H groups in total. The van der Waals surface area contributed by atoms with Crippen molar-refractivity contribution < 1.29 is 9.72 Å². The van der Waals surface area contributed by atoms with Crippen molar-refractivity contribution in [2.75, 3.05) is 0 Å². The molecular formula is C10H8INO3. The molecule has 4 nitrogen and oxygen atoms in total. The van der Waals surface area contributed by atoms with Crippen LogP contribution in [0.3, 0.4) is 0 Å². The van der Waals surface area contributed by atoms with Crippen molar-refractivity contribution in [3.63, 3.8) is 0 Å². The minimum atomic E-state index is -0.417. The number of halogens is 1. The lowest BCUT2D eigenvalue weighted by Crippen LogP contribution is -2.22. The lowest BCUT2D eigenvalue weighted by atomic mass is 9.89. The minimum absolute atomic E-state index is 0.0144. The average molecular weight is 317 g/mol. The highest BCUT2D eigenvalue weighted by molar-refractivity contribution is 14.1. The third-order valence-electron chi connectivity index (χ3n) is 2.55. The van der Waals surface area contributed by atoms with Gasteiger partial charge in [-0.15, -0.1) is 0 Å². The quantitative estimate of drug-likeness (QED) is 0.346. The van der Waals surface area contributed by atoms with Gasteiger partial charge in [0.2, 0.25) is 0 Å². The van der Waals surface area contributed by atoms with E-state index in [4.69, 9.17) is 0 Å². The fraction of sp³-hybridized carbons (Fsp3) is 0.300. The van der Waals surface area contributed by atoms with Gasteiger partial charge < -0.3 is 0 Å². The number of nitro benzene ring substituents is 1. The van der Waals surface area contributed by atoms with Gasteiger partial charge >= 0.3 is 0 Å². The van der Waals surface area contributed by atoms with Crippen LogP contribution in [0.25, 0.3) is 0 Å². The first-order valence-corrected chi connectivity index (χ1v) is 5.80. The Bertz CT molecular complexity index is 444. The van der Waals surface area contributed by atoms with Crippen LogP contribution in [-0.4, -0.2) is 14.6 Å². The zero-order valence-electron chi connectivity index (χ0n) is 7.77. The van der Waals surface area contributed by atoms with E-state index in [0.29, 0.717) is 24.0 Å². The summed E-state index contributed by atoms with van der Waals surface area (Å²) in [6.07, 6.45) is 1.31. The molecule has 0 saturated heterocycles. The molecule has 0 saturated carbocycles. The fourth-order valence-electron chi connectivity index (χ4n) is 1.81. The van der Waals surface area contributed by atoms with Crippen LogP contribution in [0.2, 0.25) is 0 Å². The second-order valence-electron chi connectivity index (χ2n) is 3.43. The Labute approximate surface area is 100.0 Å². The van der Waals surface area contributed by atoms with Gasteiger partial charge in [-0.2, -0.15) is 0 Å². The number of ketones is 1. The van der Waals surface area contributed by atoms with Gasteiger partial charge in [0.15, 0.2) is 5.78 Å². The summed E-state index contributed by atoms with van der Waals surface area (Å²) in [5.74, 6) is 0.0144. The molecule has 1 aromatic rings. The molecular weight excluding hydrogens is 309 g/mol. The second-order valence-corrected chi connectivity index (χ2v) is 4.93. The Morgan fingerprint density at radius 3 is 2.87 bits per heavy atom. The van der Waals surface area contributed by atoms with Crippen molar-refractivity contribution in [3.8, 4) is 0 Å². The summed E-state index contributed by atoms with van der Waals surface area (Å²) in [7, 11) is 0. The summed E-state index contributed by atoms with van der Waals surface area (Å²) in [6.45, 7) is 0. The molecule has 78 valence electrons. The van der Waals surface area contributed by atoms with Gasteiger partial charge in [-0.1, -0.05) is 34.7 Å². The van der Waals surface area contributed by atoms with Crippen LogP contribution < -0.4 is 0 Å². The van der Waals surface area contributed by atoms with Gasteiger partial charge in [-0.3, -0.25) is 14.9 Å². The molecule has 5 heteroatoms. The van der Waals surface area contributed by atoms with Gasteiger partial charge in [0, 0.05) is 17.2 Å². The van der Waals surface area contributed by atoms with Crippen LogP contribution in [0.5, 0.6) is 0 Å². The van der Waals surface area contributed by atoms with Gasteiger partial charge in [-0.05, 0) is 12.8 Å². The number of Topliss-reactive ketones (excluding diaryl/α,β-unsaturated/α-hetero) is 1. The molecule has 1 unspecified atom stereocenters. The van der Waals surface area contributed by atoms with Crippen LogP contribution in [0.1, 0.15) is 22.3 Å². The Kier molecular flexibility index (Phi) is 2.72. The third-order valence-corrected chi connectivity index (χ3v) is 3.73. The molecule has 1 aliphatic carbocycles. The number of carbonyl (C=O) groups is 1. The zero-order valence-corrected chi connectivity index (χ0v) is 9.93. The largest absolute Gasteiger partial charge is 0.293 e. The number of hydrogen-bond acceptors (Lipinski definition) is 3. The monoisotopic (exact) mass is 317 g/mol. The number of carbonyl (C=O) groups excluding carboxylic acids is 1. The molecule has 0 radical (unpaired) electrons. The number of hydrogen-bond donors (Lipinski definition) is 0. The van der Waals surface area contributed by atoms with Crippen molar-refractivity contribution in [1.29, 1.82) is 0 Å². The van der Waals surface area contributed by atoms with Crippen molar-refractivity contribution in [3.05, 3.63) is 39.4 Å².